The summed E-state index contributed by atoms with van der Waals surface area (Å²) in [6.45, 7) is 4.59. The molecule has 2 aromatic rings. The molecule has 0 radical (unpaired) electrons. The van der Waals surface area contributed by atoms with Crippen LogP contribution in [0.25, 0.3) is 0 Å². The van der Waals surface area contributed by atoms with Gasteiger partial charge in [0.2, 0.25) is 0 Å². The van der Waals surface area contributed by atoms with Crippen molar-refractivity contribution in [2.75, 3.05) is 19.6 Å². The Kier molecular flexibility index (Phi) is 6.40. The van der Waals surface area contributed by atoms with Crippen LogP contribution in [-0.4, -0.2) is 41.6 Å². The van der Waals surface area contributed by atoms with Gasteiger partial charge in [0.1, 0.15) is 17.7 Å². The van der Waals surface area contributed by atoms with Gasteiger partial charge in [-0.3, -0.25) is 4.90 Å². The van der Waals surface area contributed by atoms with Gasteiger partial charge in [-0.05, 0) is 18.6 Å². The van der Waals surface area contributed by atoms with Crippen molar-refractivity contribution in [1.82, 2.24) is 9.80 Å². The van der Waals surface area contributed by atoms with Crippen molar-refractivity contribution in [3.05, 3.63) is 71.3 Å². The molecule has 1 aliphatic rings. The van der Waals surface area contributed by atoms with Gasteiger partial charge in [-0.15, -0.1) is 0 Å². The summed E-state index contributed by atoms with van der Waals surface area (Å²) in [4.78, 5) is 15.7. The first kappa shape index (κ1) is 19.3. The number of ether oxygens (including phenoxy) is 1. The van der Waals surface area contributed by atoms with E-state index in [1.54, 1.807) is 4.90 Å². The summed E-state index contributed by atoms with van der Waals surface area (Å²) in [6.07, 6.45) is 0.186. The largest absolute Gasteiger partial charge is 0.445 e. The van der Waals surface area contributed by atoms with E-state index in [4.69, 9.17) is 4.74 Å². The van der Waals surface area contributed by atoms with Crippen molar-refractivity contribution in [2.24, 2.45) is 0 Å². The van der Waals surface area contributed by atoms with Gasteiger partial charge >= 0.3 is 6.09 Å². The van der Waals surface area contributed by atoms with Gasteiger partial charge < -0.3 is 9.64 Å². The van der Waals surface area contributed by atoms with E-state index in [1.165, 1.54) is 12.1 Å². The zero-order valence-corrected chi connectivity index (χ0v) is 15.4. The maximum absolute atomic E-state index is 14.1. The van der Waals surface area contributed by atoms with Crippen LogP contribution in [0.4, 0.5) is 13.6 Å². The average molecular weight is 374 g/mol. The lowest BCUT2D eigenvalue weighted by Crippen LogP contribution is -2.45. The van der Waals surface area contributed by atoms with Crippen molar-refractivity contribution in [2.45, 2.75) is 32.5 Å². The lowest BCUT2D eigenvalue weighted by molar-refractivity contribution is 0.00705. The first-order chi connectivity index (χ1) is 13.0. The van der Waals surface area contributed by atoms with Crippen LogP contribution in [-0.2, 0) is 17.8 Å². The molecule has 144 valence electrons. The highest BCUT2D eigenvalue weighted by atomic mass is 19.1. The van der Waals surface area contributed by atoms with Crippen LogP contribution in [0.2, 0.25) is 0 Å². The van der Waals surface area contributed by atoms with Crippen LogP contribution >= 0.6 is 0 Å². The molecule has 27 heavy (non-hydrogen) atoms. The Morgan fingerprint density at radius 2 is 1.93 bits per heavy atom. The zero-order valence-electron chi connectivity index (χ0n) is 15.4. The fourth-order valence-electron chi connectivity index (χ4n) is 3.29. The van der Waals surface area contributed by atoms with Gasteiger partial charge in [-0.2, -0.15) is 0 Å². The molecule has 0 bridgehead atoms. The van der Waals surface area contributed by atoms with E-state index < -0.39 is 11.6 Å². The molecule has 0 unspecified atom stereocenters. The van der Waals surface area contributed by atoms with Gasteiger partial charge in [0.05, 0.1) is 0 Å². The van der Waals surface area contributed by atoms with E-state index >= 15 is 0 Å². The van der Waals surface area contributed by atoms with E-state index in [0.29, 0.717) is 38.3 Å². The molecule has 6 heteroatoms. The van der Waals surface area contributed by atoms with E-state index in [9.17, 15) is 13.6 Å². The molecule has 0 saturated carbocycles. The number of amides is 1. The maximum atomic E-state index is 14.1. The fraction of sp³-hybridized carbons (Fsp3) is 0.381. The number of benzene rings is 2. The van der Waals surface area contributed by atoms with E-state index in [-0.39, 0.29) is 12.2 Å². The molecule has 0 spiro atoms. The van der Waals surface area contributed by atoms with Crippen molar-refractivity contribution in [3.63, 3.8) is 0 Å². The van der Waals surface area contributed by atoms with E-state index in [1.807, 2.05) is 42.2 Å². The molecule has 1 atom stereocenters. The van der Waals surface area contributed by atoms with Crippen molar-refractivity contribution >= 4 is 6.09 Å². The highest BCUT2D eigenvalue weighted by Crippen LogP contribution is 2.18. The summed E-state index contributed by atoms with van der Waals surface area (Å²) in [6, 6.07) is 13.5. The summed E-state index contributed by atoms with van der Waals surface area (Å²) in [5.74, 6) is -1.16. The van der Waals surface area contributed by atoms with Crippen LogP contribution in [0.15, 0.2) is 48.5 Å². The quantitative estimate of drug-likeness (QED) is 0.728. The highest BCUT2D eigenvalue weighted by Gasteiger charge is 2.27. The number of cyclic esters (lactones) is 1. The fourth-order valence-corrected chi connectivity index (χ4v) is 3.29. The summed E-state index contributed by atoms with van der Waals surface area (Å²) in [7, 11) is 0. The van der Waals surface area contributed by atoms with Crippen molar-refractivity contribution < 1.29 is 18.3 Å². The van der Waals surface area contributed by atoms with Crippen molar-refractivity contribution in [3.8, 4) is 0 Å². The molecular weight excluding hydrogens is 350 g/mol. The molecule has 1 amide bonds. The minimum absolute atomic E-state index is 0.243. The lowest BCUT2D eigenvalue weighted by atomic mass is 10.1. The third-order valence-corrected chi connectivity index (χ3v) is 4.75. The first-order valence-corrected chi connectivity index (χ1v) is 9.21. The average Bonchev–Trinajstić information content (AvgIpc) is 2.65. The predicted octanol–water partition coefficient (Wildman–Crippen LogP) is 4.20. The molecule has 1 aliphatic heterocycles. The molecule has 2 aromatic carbocycles. The van der Waals surface area contributed by atoms with Gasteiger partial charge in [-0.1, -0.05) is 36.4 Å². The van der Waals surface area contributed by atoms with Crippen LogP contribution in [0, 0.1) is 11.6 Å². The van der Waals surface area contributed by atoms with Crippen LogP contribution in [0.1, 0.15) is 24.5 Å². The van der Waals surface area contributed by atoms with Crippen LogP contribution < -0.4 is 0 Å². The minimum atomic E-state index is -0.591. The van der Waals surface area contributed by atoms with Crippen molar-refractivity contribution in [1.29, 1.82) is 0 Å². The SMILES string of the molecule is CCN1CC[C@@H](CN(Cc2ccccc2)Cc2ccc(F)cc2F)OC1=O. The Balaban J connectivity index is 1.72. The van der Waals surface area contributed by atoms with E-state index in [0.717, 1.165) is 18.1 Å². The van der Waals surface area contributed by atoms with Crippen LogP contribution in [0.5, 0.6) is 0 Å². The summed E-state index contributed by atoms with van der Waals surface area (Å²) >= 11 is 0. The molecular formula is C21H24F2N2O2. The number of halogens is 2. The van der Waals surface area contributed by atoms with Gasteiger partial charge in [0, 0.05) is 50.8 Å². The summed E-state index contributed by atoms with van der Waals surface area (Å²) in [5.41, 5.74) is 1.50. The Labute approximate surface area is 158 Å². The second-order valence-corrected chi connectivity index (χ2v) is 6.77. The third kappa shape index (κ3) is 5.26. The number of hydrogen-bond acceptors (Lipinski definition) is 3. The number of nitrogens with zero attached hydrogens (tertiary/aromatic N) is 2. The Bertz CT molecular complexity index is 770. The third-order valence-electron chi connectivity index (χ3n) is 4.75. The highest BCUT2D eigenvalue weighted by molar-refractivity contribution is 5.68. The molecule has 1 heterocycles. The maximum Gasteiger partial charge on any atom is 0.410 e. The Morgan fingerprint density at radius 3 is 2.59 bits per heavy atom. The summed E-state index contributed by atoms with van der Waals surface area (Å²) in [5, 5.41) is 0. The second-order valence-electron chi connectivity index (χ2n) is 6.77. The molecule has 0 aliphatic carbocycles. The minimum Gasteiger partial charge on any atom is -0.445 e. The first-order valence-electron chi connectivity index (χ1n) is 9.21. The Hall–Kier alpha value is -2.47. The number of carbonyl (C=O) groups is 1. The zero-order chi connectivity index (χ0) is 19.2. The molecule has 0 aromatic heterocycles. The standard InChI is InChI=1S/C21H24F2N2O2/c1-2-25-11-10-19(27-21(25)26)15-24(13-16-6-4-3-5-7-16)14-17-8-9-18(22)12-20(17)23/h3-9,12,19H,2,10-11,13-15H2,1H3/t19-/m0/s1. The number of rotatable bonds is 7. The molecule has 3 rings (SSSR count). The smallest absolute Gasteiger partial charge is 0.410 e. The normalized spacial score (nSPS) is 17.3. The van der Waals surface area contributed by atoms with Gasteiger partial charge in [-0.25, -0.2) is 13.6 Å². The monoisotopic (exact) mass is 374 g/mol. The van der Waals surface area contributed by atoms with Crippen LogP contribution in [0.3, 0.4) is 0 Å². The van der Waals surface area contributed by atoms with Gasteiger partial charge in [0.15, 0.2) is 0 Å². The van der Waals surface area contributed by atoms with Gasteiger partial charge in [0.25, 0.3) is 0 Å². The molecule has 4 nitrogen and oxygen atoms in total. The Morgan fingerprint density at radius 1 is 1.15 bits per heavy atom. The lowest BCUT2D eigenvalue weighted by Gasteiger charge is -2.34. The van der Waals surface area contributed by atoms with E-state index in [2.05, 4.69) is 0 Å². The molecule has 1 fully saturated rings. The predicted molar refractivity (Wildman–Crippen MR) is 99.0 cm³/mol. The summed E-state index contributed by atoms with van der Waals surface area (Å²) < 4.78 is 32.9. The topological polar surface area (TPSA) is 32.8 Å². The number of carbonyl (C=O) groups excluding carboxylic acids is 1. The second kappa shape index (κ2) is 8.95. The molecule has 1 saturated heterocycles. The molecule has 0 N–H and O–H groups in total. The number of hydrogen-bond donors (Lipinski definition) is 0.